The number of hydrogen-bond donors (Lipinski definition) is 2. The molecular weight excluding hydrogens is 268 g/mol. The van der Waals surface area contributed by atoms with E-state index < -0.39 is 15.9 Å². The van der Waals surface area contributed by atoms with Gasteiger partial charge in [-0.15, -0.1) is 0 Å². The summed E-state index contributed by atoms with van der Waals surface area (Å²) in [5, 5.41) is 9.41. The van der Waals surface area contributed by atoms with Gasteiger partial charge < -0.3 is 15.7 Å². The molecule has 1 atom stereocenters. The molecule has 1 aliphatic heterocycles. The average Bonchev–Trinajstić information content (AvgIpc) is 2.30. The predicted molar refractivity (Wildman–Crippen MR) is 71.7 cm³/mol. The number of nitrogens with zero attached hydrogens (tertiary/aromatic N) is 1. The number of carbonyl (C=O) groups is 1. The van der Waals surface area contributed by atoms with E-state index in [1.165, 1.54) is 23.1 Å². The Kier molecular flexibility index (Phi) is 3.40. The van der Waals surface area contributed by atoms with E-state index in [0.29, 0.717) is 0 Å². The minimum Gasteiger partial charge on any atom is -0.508 e. The molecule has 0 aliphatic carbocycles. The molecular formula is C12H16N2O4S. The highest BCUT2D eigenvalue weighted by atomic mass is 32.2. The van der Waals surface area contributed by atoms with Gasteiger partial charge in [0, 0.05) is 18.3 Å². The number of benzene rings is 1. The van der Waals surface area contributed by atoms with Gasteiger partial charge in [0.2, 0.25) is 0 Å². The van der Waals surface area contributed by atoms with Crippen LogP contribution in [0.2, 0.25) is 0 Å². The van der Waals surface area contributed by atoms with Crippen molar-refractivity contribution in [2.45, 2.75) is 13.0 Å². The number of amides is 1. The predicted octanol–water partition coefficient (Wildman–Crippen LogP) is 0.233. The average molecular weight is 284 g/mol. The number of hydrogen-bond acceptors (Lipinski definition) is 5. The fourth-order valence-electron chi connectivity index (χ4n) is 2.18. The number of anilines is 1. The highest BCUT2D eigenvalue weighted by Crippen LogP contribution is 2.22. The Morgan fingerprint density at radius 3 is 2.79 bits per heavy atom. The van der Waals surface area contributed by atoms with Gasteiger partial charge >= 0.3 is 0 Å². The van der Waals surface area contributed by atoms with Gasteiger partial charge in [0.1, 0.15) is 5.75 Å². The second-order valence-corrected chi connectivity index (χ2v) is 6.96. The van der Waals surface area contributed by atoms with Crippen LogP contribution in [0, 0.1) is 0 Å². The molecule has 2 rings (SSSR count). The van der Waals surface area contributed by atoms with Crippen molar-refractivity contribution in [3.05, 3.63) is 23.8 Å². The number of nitrogen functional groups attached to an aromatic ring is 1. The van der Waals surface area contributed by atoms with Crippen LogP contribution < -0.4 is 5.73 Å². The highest BCUT2D eigenvalue weighted by molar-refractivity contribution is 7.91. The molecule has 7 heteroatoms. The fraction of sp³-hybridized carbons (Fsp3) is 0.417. The first-order chi connectivity index (χ1) is 8.80. The zero-order chi connectivity index (χ0) is 14.2. The molecule has 1 aromatic carbocycles. The van der Waals surface area contributed by atoms with E-state index in [9.17, 15) is 18.3 Å². The number of nitrogens with two attached hydrogens (primary N) is 1. The monoisotopic (exact) mass is 284 g/mol. The molecule has 1 saturated heterocycles. The molecule has 1 aromatic rings. The maximum atomic E-state index is 12.3. The lowest BCUT2D eigenvalue weighted by atomic mass is 10.1. The molecule has 1 aliphatic rings. The van der Waals surface area contributed by atoms with Crippen LogP contribution >= 0.6 is 0 Å². The van der Waals surface area contributed by atoms with Gasteiger partial charge in [-0.3, -0.25) is 4.79 Å². The molecule has 1 amide bonds. The van der Waals surface area contributed by atoms with Crippen LogP contribution in [0.3, 0.4) is 0 Å². The Hall–Kier alpha value is -1.76. The van der Waals surface area contributed by atoms with Crippen molar-refractivity contribution >= 4 is 21.4 Å². The maximum Gasteiger partial charge on any atom is 0.256 e. The van der Waals surface area contributed by atoms with Crippen molar-refractivity contribution in [1.29, 1.82) is 0 Å². The Bertz CT molecular complexity index is 612. The quantitative estimate of drug-likeness (QED) is 0.568. The van der Waals surface area contributed by atoms with E-state index in [-0.39, 0.29) is 41.0 Å². The Morgan fingerprint density at radius 2 is 2.16 bits per heavy atom. The largest absolute Gasteiger partial charge is 0.508 e. The summed E-state index contributed by atoms with van der Waals surface area (Å²) in [7, 11) is -3.07. The summed E-state index contributed by atoms with van der Waals surface area (Å²) in [4.78, 5) is 13.8. The van der Waals surface area contributed by atoms with Gasteiger partial charge in [0.15, 0.2) is 9.84 Å². The van der Waals surface area contributed by atoms with E-state index in [1.807, 2.05) is 0 Å². The van der Waals surface area contributed by atoms with Gasteiger partial charge in [-0.2, -0.15) is 0 Å². The van der Waals surface area contributed by atoms with Crippen LogP contribution in [-0.2, 0) is 9.84 Å². The summed E-state index contributed by atoms with van der Waals surface area (Å²) in [6.45, 7) is 1.84. The lowest BCUT2D eigenvalue weighted by molar-refractivity contribution is 0.0713. The molecule has 1 fully saturated rings. The highest BCUT2D eigenvalue weighted by Gasteiger charge is 2.32. The number of sulfone groups is 1. The number of rotatable bonds is 1. The normalized spacial score (nSPS) is 22.2. The summed E-state index contributed by atoms with van der Waals surface area (Å²) in [5.74, 6) is -0.482. The summed E-state index contributed by atoms with van der Waals surface area (Å²) in [5.41, 5.74) is 6.19. The lowest BCUT2D eigenvalue weighted by Crippen LogP contribution is -2.49. The van der Waals surface area contributed by atoms with E-state index in [1.54, 1.807) is 6.92 Å². The third-order valence-electron chi connectivity index (χ3n) is 3.20. The molecule has 0 radical (unpaired) electrons. The lowest BCUT2D eigenvalue weighted by Gasteiger charge is -2.33. The molecule has 19 heavy (non-hydrogen) atoms. The van der Waals surface area contributed by atoms with Crippen molar-refractivity contribution in [2.75, 3.05) is 23.8 Å². The van der Waals surface area contributed by atoms with Crippen LogP contribution in [0.4, 0.5) is 5.69 Å². The van der Waals surface area contributed by atoms with Gasteiger partial charge in [0.25, 0.3) is 5.91 Å². The van der Waals surface area contributed by atoms with Crippen LogP contribution in [0.1, 0.15) is 17.3 Å². The Morgan fingerprint density at radius 1 is 1.47 bits per heavy atom. The smallest absolute Gasteiger partial charge is 0.256 e. The molecule has 3 N–H and O–H groups in total. The zero-order valence-electron chi connectivity index (χ0n) is 10.5. The van der Waals surface area contributed by atoms with Crippen LogP contribution in [0.25, 0.3) is 0 Å². The standard InChI is InChI=1S/C12H16N2O4S/c1-8-7-19(17,18)5-4-14(8)12(16)10-6-9(15)2-3-11(10)13/h2-3,6,8,15H,4-5,7,13H2,1H3. The first-order valence-corrected chi connectivity index (χ1v) is 7.72. The molecule has 1 heterocycles. The minimum absolute atomic E-state index is 0.0399. The maximum absolute atomic E-state index is 12.3. The van der Waals surface area contributed by atoms with E-state index >= 15 is 0 Å². The van der Waals surface area contributed by atoms with Crippen molar-refractivity contribution < 1.29 is 18.3 Å². The van der Waals surface area contributed by atoms with Crippen molar-refractivity contribution in [3.63, 3.8) is 0 Å². The van der Waals surface area contributed by atoms with E-state index in [0.717, 1.165) is 0 Å². The van der Waals surface area contributed by atoms with Crippen LogP contribution in [-0.4, -0.2) is 48.4 Å². The van der Waals surface area contributed by atoms with Gasteiger partial charge in [-0.25, -0.2) is 8.42 Å². The van der Waals surface area contributed by atoms with Gasteiger partial charge in [0.05, 0.1) is 17.1 Å². The van der Waals surface area contributed by atoms with E-state index in [2.05, 4.69) is 0 Å². The minimum atomic E-state index is -3.07. The molecule has 0 spiro atoms. The first kappa shape index (κ1) is 13.7. The summed E-state index contributed by atoms with van der Waals surface area (Å²) < 4.78 is 23.0. The third kappa shape index (κ3) is 2.81. The number of carbonyl (C=O) groups excluding carboxylic acids is 1. The molecule has 104 valence electrons. The topological polar surface area (TPSA) is 101 Å². The Balaban J connectivity index is 2.27. The molecule has 0 saturated carbocycles. The van der Waals surface area contributed by atoms with E-state index in [4.69, 9.17) is 5.73 Å². The van der Waals surface area contributed by atoms with Crippen LogP contribution in [0.15, 0.2) is 18.2 Å². The number of aromatic hydroxyl groups is 1. The second-order valence-electron chi connectivity index (χ2n) is 4.73. The Labute approximate surface area is 111 Å². The molecule has 0 bridgehead atoms. The van der Waals surface area contributed by atoms with Crippen molar-refractivity contribution in [1.82, 2.24) is 4.90 Å². The third-order valence-corrected chi connectivity index (χ3v) is 4.99. The molecule has 6 nitrogen and oxygen atoms in total. The van der Waals surface area contributed by atoms with Crippen molar-refractivity contribution in [3.8, 4) is 5.75 Å². The second kappa shape index (κ2) is 4.73. The first-order valence-electron chi connectivity index (χ1n) is 5.90. The van der Waals surface area contributed by atoms with Gasteiger partial charge in [-0.05, 0) is 25.1 Å². The summed E-state index contributed by atoms with van der Waals surface area (Å²) in [6.07, 6.45) is 0. The molecule has 0 aromatic heterocycles. The number of phenolic OH excluding ortho intramolecular Hbond substituents is 1. The zero-order valence-corrected chi connectivity index (χ0v) is 11.4. The molecule has 1 unspecified atom stereocenters. The SMILES string of the molecule is CC1CS(=O)(=O)CCN1C(=O)c1cc(O)ccc1N. The summed E-state index contributed by atoms with van der Waals surface area (Å²) >= 11 is 0. The van der Waals surface area contributed by atoms with Gasteiger partial charge in [-0.1, -0.05) is 0 Å². The summed E-state index contributed by atoms with van der Waals surface area (Å²) in [6, 6.07) is 3.76. The van der Waals surface area contributed by atoms with Crippen molar-refractivity contribution in [2.24, 2.45) is 0 Å². The van der Waals surface area contributed by atoms with Crippen LogP contribution in [0.5, 0.6) is 5.75 Å². The number of phenols is 1. The fourth-order valence-corrected chi connectivity index (χ4v) is 3.74.